The van der Waals surface area contributed by atoms with E-state index in [1.807, 2.05) is 0 Å². The van der Waals surface area contributed by atoms with Gasteiger partial charge in [0.1, 0.15) is 35.0 Å². The van der Waals surface area contributed by atoms with Crippen LogP contribution in [0.1, 0.15) is 19.3 Å². The first-order valence-corrected chi connectivity index (χ1v) is 8.97. The summed E-state index contributed by atoms with van der Waals surface area (Å²) in [6, 6.07) is 7.09. The minimum Gasteiger partial charge on any atom is -0.497 e. The number of hydrogen-bond acceptors (Lipinski definition) is 5. The van der Waals surface area contributed by atoms with Crippen molar-refractivity contribution in [3.05, 3.63) is 53.1 Å². The van der Waals surface area contributed by atoms with Crippen LogP contribution < -0.4 is 14.8 Å². The first-order chi connectivity index (χ1) is 13.8. The van der Waals surface area contributed by atoms with E-state index in [-0.39, 0.29) is 16.7 Å². The molecule has 1 aliphatic carbocycles. The molecular weight excluding hydrogens is 384 g/mol. The Bertz CT molecular complexity index is 951. The van der Waals surface area contributed by atoms with E-state index in [4.69, 9.17) is 9.47 Å². The van der Waals surface area contributed by atoms with E-state index >= 15 is 0 Å². The molecule has 1 atom stereocenters. The standard InChI is InChI=1S/C21H21F2NO5/c1-28-12-6-7-13(18(10-12)29-2)11-8-16(22)19(17(23)9-11)24-20(25)14-4-3-5-15(14)21(26)27/h6-10,20,24-25H,3-5H2,1-2H3,(H,26,27). The zero-order chi connectivity index (χ0) is 21.1. The van der Waals surface area contributed by atoms with Crippen molar-refractivity contribution in [1.82, 2.24) is 0 Å². The molecule has 0 saturated heterocycles. The molecule has 8 heteroatoms. The van der Waals surface area contributed by atoms with Gasteiger partial charge in [-0.3, -0.25) is 0 Å². The third kappa shape index (κ3) is 4.17. The molecule has 0 saturated carbocycles. The Hall–Kier alpha value is -3.13. The number of carboxylic acids is 1. The summed E-state index contributed by atoms with van der Waals surface area (Å²) in [5, 5.41) is 21.9. The fourth-order valence-corrected chi connectivity index (χ4v) is 3.44. The molecule has 0 bridgehead atoms. The van der Waals surface area contributed by atoms with Crippen molar-refractivity contribution in [2.75, 3.05) is 19.5 Å². The van der Waals surface area contributed by atoms with Crippen LogP contribution in [0.2, 0.25) is 0 Å². The van der Waals surface area contributed by atoms with Crippen molar-refractivity contribution in [2.24, 2.45) is 0 Å². The summed E-state index contributed by atoms with van der Waals surface area (Å²) in [7, 11) is 2.93. The molecule has 3 rings (SSSR count). The molecule has 2 aromatic rings. The lowest BCUT2D eigenvalue weighted by Gasteiger charge is -2.18. The highest BCUT2D eigenvalue weighted by atomic mass is 19.1. The normalized spacial score (nSPS) is 14.7. The Labute approximate surface area is 166 Å². The van der Waals surface area contributed by atoms with Gasteiger partial charge in [-0.15, -0.1) is 0 Å². The third-order valence-corrected chi connectivity index (χ3v) is 4.89. The van der Waals surface area contributed by atoms with E-state index in [1.165, 1.54) is 14.2 Å². The fourth-order valence-electron chi connectivity index (χ4n) is 3.44. The molecule has 0 heterocycles. The largest absolute Gasteiger partial charge is 0.497 e. The van der Waals surface area contributed by atoms with Crippen molar-refractivity contribution in [2.45, 2.75) is 25.5 Å². The van der Waals surface area contributed by atoms with Gasteiger partial charge in [0.05, 0.1) is 14.2 Å². The number of carboxylic acid groups (broad SMARTS) is 1. The number of aliphatic hydroxyl groups excluding tert-OH is 1. The maximum Gasteiger partial charge on any atom is 0.331 e. The van der Waals surface area contributed by atoms with Crippen molar-refractivity contribution in [3.63, 3.8) is 0 Å². The molecule has 0 radical (unpaired) electrons. The maximum absolute atomic E-state index is 14.7. The summed E-state index contributed by atoms with van der Waals surface area (Å²) in [5.41, 5.74) is 0.483. The van der Waals surface area contributed by atoms with Gasteiger partial charge >= 0.3 is 5.97 Å². The zero-order valence-electron chi connectivity index (χ0n) is 16.0. The van der Waals surface area contributed by atoms with Crippen LogP contribution in [0.3, 0.4) is 0 Å². The van der Waals surface area contributed by atoms with Crippen LogP contribution >= 0.6 is 0 Å². The zero-order valence-corrected chi connectivity index (χ0v) is 16.0. The van der Waals surface area contributed by atoms with Gasteiger partial charge in [0.25, 0.3) is 0 Å². The van der Waals surface area contributed by atoms with Gasteiger partial charge in [-0.05, 0) is 54.7 Å². The minimum absolute atomic E-state index is 0.0744. The molecule has 1 aliphatic rings. The highest BCUT2D eigenvalue weighted by Gasteiger charge is 2.27. The number of carbonyl (C=O) groups is 1. The predicted octanol–water partition coefficient (Wildman–Crippen LogP) is 3.94. The molecule has 1 unspecified atom stereocenters. The van der Waals surface area contributed by atoms with E-state index in [9.17, 15) is 23.8 Å². The maximum atomic E-state index is 14.7. The number of rotatable bonds is 7. The molecule has 0 spiro atoms. The molecule has 3 N–H and O–H groups in total. The first-order valence-electron chi connectivity index (χ1n) is 8.97. The van der Waals surface area contributed by atoms with Crippen molar-refractivity contribution in [1.29, 1.82) is 0 Å². The van der Waals surface area contributed by atoms with Crippen LogP contribution in [0.5, 0.6) is 11.5 Å². The Kier molecular flexibility index (Phi) is 6.03. The monoisotopic (exact) mass is 405 g/mol. The van der Waals surface area contributed by atoms with Gasteiger partial charge in [0, 0.05) is 17.2 Å². The fraction of sp³-hybridized carbons (Fsp3) is 0.286. The van der Waals surface area contributed by atoms with Gasteiger partial charge in [-0.25, -0.2) is 13.6 Å². The smallest absolute Gasteiger partial charge is 0.331 e. The SMILES string of the molecule is COc1ccc(-c2cc(F)c(NC(O)C3=C(C(=O)O)CCC3)c(F)c2)c(OC)c1. The van der Waals surface area contributed by atoms with Gasteiger partial charge in [0.15, 0.2) is 0 Å². The number of methoxy groups -OCH3 is 2. The Morgan fingerprint density at radius 2 is 1.79 bits per heavy atom. The van der Waals surface area contributed by atoms with Crippen molar-refractivity contribution < 1.29 is 33.3 Å². The number of anilines is 1. The summed E-state index contributed by atoms with van der Waals surface area (Å²) in [6.07, 6.45) is -0.268. The average molecular weight is 405 g/mol. The van der Waals surface area contributed by atoms with Crippen LogP contribution in [-0.4, -0.2) is 36.6 Å². The van der Waals surface area contributed by atoms with Crippen molar-refractivity contribution in [3.8, 4) is 22.6 Å². The van der Waals surface area contributed by atoms with Crippen LogP contribution in [-0.2, 0) is 4.79 Å². The first kappa shape index (κ1) is 20.6. The second kappa shape index (κ2) is 8.48. The molecule has 2 aromatic carbocycles. The van der Waals surface area contributed by atoms with Gasteiger partial charge in [0.2, 0.25) is 0 Å². The number of halogens is 2. The number of ether oxygens (including phenoxy) is 2. The van der Waals surface area contributed by atoms with E-state index < -0.39 is 29.5 Å². The predicted molar refractivity (Wildman–Crippen MR) is 103 cm³/mol. The lowest BCUT2D eigenvalue weighted by Crippen LogP contribution is -2.24. The molecule has 0 amide bonds. The van der Waals surface area contributed by atoms with Crippen molar-refractivity contribution >= 4 is 11.7 Å². The number of aliphatic hydroxyl groups is 1. The number of nitrogens with one attached hydrogen (secondary N) is 1. The summed E-state index contributed by atoms with van der Waals surface area (Å²) >= 11 is 0. The van der Waals surface area contributed by atoms with Gasteiger partial charge in [-0.2, -0.15) is 0 Å². The molecule has 29 heavy (non-hydrogen) atoms. The second-order valence-corrected chi connectivity index (χ2v) is 6.59. The Balaban J connectivity index is 1.93. The highest BCUT2D eigenvalue weighted by Crippen LogP contribution is 2.36. The van der Waals surface area contributed by atoms with Gasteiger partial charge < -0.3 is 25.0 Å². The van der Waals surface area contributed by atoms with E-state index in [0.29, 0.717) is 36.3 Å². The molecule has 0 aliphatic heterocycles. The summed E-state index contributed by atoms with van der Waals surface area (Å²) in [5.74, 6) is -2.07. The highest BCUT2D eigenvalue weighted by molar-refractivity contribution is 5.88. The average Bonchev–Trinajstić information content (AvgIpc) is 3.20. The minimum atomic E-state index is -1.49. The number of aliphatic carboxylic acids is 1. The van der Waals surface area contributed by atoms with E-state index in [0.717, 1.165) is 12.1 Å². The molecule has 0 fully saturated rings. The van der Waals surface area contributed by atoms with Crippen LogP contribution in [0, 0.1) is 11.6 Å². The summed E-state index contributed by atoms with van der Waals surface area (Å²) in [4.78, 5) is 11.2. The molecule has 0 aromatic heterocycles. The second-order valence-electron chi connectivity index (χ2n) is 6.59. The molecule has 154 valence electrons. The summed E-state index contributed by atoms with van der Waals surface area (Å²) < 4.78 is 39.7. The number of benzene rings is 2. The lowest BCUT2D eigenvalue weighted by atomic mass is 10.0. The topological polar surface area (TPSA) is 88.0 Å². The van der Waals surface area contributed by atoms with Gasteiger partial charge in [-0.1, -0.05) is 0 Å². The van der Waals surface area contributed by atoms with Crippen LogP contribution in [0.15, 0.2) is 41.5 Å². The molecular formula is C21H21F2NO5. The molecule has 6 nitrogen and oxygen atoms in total. The van der Waals surface area contributed by atoms with Crippen LogP contribution in [0.25, 0.3) is 11.1 Å². The summed E-state index contributed by atoms with van der Waals surface area (Å²) in [6.45, 7) is 0. The van der Waals surface area contributed by atoms with E-state index in [2.05, 4.69) is 5.32 Å². The third-order valence-electron chi connectivity index (χ3n) is 4.89. The van der Waals surface area contributed by atoms with Crippen LogP contribution in [0.4, 0.5) is 14.5 Å². The quantitative estimate of drug-likeness (QED) is 0.605. The Morgan fingerprint density at radius 1 is 1.10 bits per heavy atom. The number of hydrogen-bond donors (Lipinski definition) is 3. The van der Waals surface area contributed by atoms with E-state index in [1.54, 1.807) is 18.2 Å². The lowest BCUT2D eigenvalue weighted by molar-refractivity contribution is -0.132. The Morgan fingerprint density at radius 3 is 2.38 bits per heavy atom.